The van der Waals surface area contributed by atoms with Gasteiger partial charge in [0.15, 0.2) is 0 Å². The maximum atomic E-state index is 11.9. The molecular weight excluding hydrogens is 300 g/mol. The van der Waals surface area contributed by atoms with Gasteiger partial charge in [0.25, 0.3) is 0 Å². The van der Waals surface area contributed by atoms with Crippen molar-refractivity contribution < 1.29 is 24.3 Å². The molecule has 0 spiro atoms. The number of likely N-dealkylation sites (N-methyl/N-ethyl adjacent to an activating group) is 1. The molecule has 0 fully saturated rings. The van der Waals surface area contributed by atoms with Crippen LogP contribution in [-0.4, -0.2) is 65.1 Å². The minimum atomic E-state index is -1.16. The van der Waals surface area contributed by atoms with Gasteiger partial charge in [-0.15, -0.1) is 0 Å². The molecule has 10 heteroatoms. The van der Waals surface area contributed by atoms with Crippen LogP contribution in [0.15, 0.2) is 0 Å². The van der Waals surface area contributed by atoms with Crippen molar-refractivity contribution in [1.82, 2.24) is 10.2 Å². The van der Waals surface area contributed by atoms with Crippen LogP contribution in [0.2, 0.25) is 0 Å². The van der Waals surface area contributed by atoms with Gasteiger partial charge < -0.3 is 26.8 Å². The molecule has 120 valence electrons. The van der Waals surface area contributed by atoms with E-state index in [-0.39, 0.29) is 18.6 Å². The van der Waals surface area contributed by atoms with E-state index in [9.17, 15) is 19.2 Å². The standard InChI is InChI=1S/C11H20N4O5S/c1-15(4-9(17)18)11(20)7(5-21)14-8(16)3-2-6(12)10(13)19/h6-7,21H,2-5,12H2,1H3,(H2,13,19)(H,14,16)(H,17,18). The second-order valence-corrected chi connectivity index (χ2v) is 4.80. The molecule has 0 aromatic carbocycles. The number of rotatable bonds is 9. The lowest BCUT2D eigenvalue weighted by molar-refractivity contribution is -0.144. The molecule has 0 aromatic rings. The van der Waals surface area contributed by atoms with E-state index < -0.39 is 42.3 Å². The maximum Gasteiger partial charge on any atom is 0.323 e. The van der Waals surface area contributed by atoms with Gasteiger partial charge in [-0.25, -0.2) is 0 Å². The Kier molecular flexibility index (Phi) is 8.39. The Bertz CT molecular complexity index is 417. The van der Waals surface area contributed by atoms with Gasteiger partial charge in [0.1, 0.15) is 12.6 Å². The fourth-order valence-corrected chi connectivity index (χ4v) is 1.68. The normalized spacial score (nSPS) is 13.1. The molecule has 0 aromatic heterocycles. The van der Waals surface area contributed by atoms with Crippen LogP contribution in [0.3, 0.4) is 0 Å². The van der Waals surface area contributed by atoms with E-state index in [2.05, 4.69) is 17.9 Å². The summed E-state index contributed by atoms with van der Waals surface area (Å²) in [6.45, 7) is -0.481. The lowest BCUT2D eigenvalue weighted by Gasteiger charge is -2.22. The number of carbonyl (C=O) groups excluding carboxylic acids is 3. The average molecular weight is 320 g/mol. The highest BCUT2D eigenvalue weighted by Gasteiger charge is 2.24. The maximum absolute atomic E-state index is 11.9. The minimum absolute atomic E-state index is 0.0103. The van der Waals surface area contributed by atoms with Gasteiger partial charge in [0.2, 0.25) is 17.7 Å². The van der Waals surface area contributed by atoms with Crippen LogP contribution in [0.4, 0.5) is 0 Å². The number of primary amides is 1. The van der Waals surface area contributed by atoms with Crippen molar-refractivity contribution in [2.24, 2.45) is 11.5 Å². The number of carboxylic acids is 1. The van der Waals surface area contributed by atoms with Crippen LogP contribution in [0.5, 0.6) is 0 Å². The highest BCUT2D eigenvalue weighted by atomic mass is 32.1. The Morgan fingerprint density at radius 3 is 2.33 bits per heavy atom. The zero-order valence-electron chi connectivity index (χ0n) is 11.6. The first-order chi connectivity index (χ1) is 9.68. The Labute approximate surface area is 127 Å². The largest absolute Gasteiger partial charge is 0.480 e. The third kappa shape index (κ3) is 7.51. The van der Waals surface area contributed by atoms with Crippen LogP contribution in [0.25, 0.3) is 0 Å². The molecule has 6 N–H and O–H groups in total. The first kappa shape index (κ1) is 19.2. The molecule has 0 aliphatic rings. The summed E-state index contributed by atoms with van der Waals surface area (Å²) < 4.78 is 0. The van der Waals surface area contributed by atoms with E-state index >= 15 is 0 Å². The van der Waals surface area contributed by atoms with Crippen LogP contribution in [0.1, 0.15) is 12.8 Å². The predicted octanol–water partition coefficient (Wildman–Crippen LogP) is -2.46. The summed E-state index contributed by atoms with van der Waals surface area (Å²) >= 11 is 3.95. The average Bonchev–Trinajstić information content (AvgIpc) is 2.40. The Morgan fingerprint density at radius 1 is 1.33 bits per heavy atom. The van der Waals surface area contributed by atoms with Gasteiger partial charge in [-0.3, -0.25) is 19.2 Å². The topological polar surface area (TPSA) is 156 Å². The van der Waals surface area contributed by atoms with Gasteiger partial charge in [0.05, 0.1) is 6.04 Å². The zero-order chi connectivity index (χ0) is 16.6. The van der Waals surface area contributed by atoms with Crippen LogP contribution >= 0.6 is 12.6 Å². The summed E-state index contributed by atoms with van der Waals surface area (Å²) in [6, 6.07) is -1.88. The van der Waals surface area contributed by atoms with E-state index in [0.29, 0.717) is 0 Å². The van der Waals surface area contributed by atoms with E-state index in [1.54, 1.807) is 0 Å². The molecule has 0 saturated heterocycles. The van der Waals surface area contributed by atoms with Gasteiger partial charge in [-0.2, -0.15) is 12.6 Å². The minimum Gasteiger partial charge on any atom is -0.480 e. The molecule has 0 aliphatic carbocycles. The summed E-state index contributed by atoms with van der Waals surface area (Å²) in [6.07, 6.45) is -0.0239. The number of hydrogen-bond acceptors (Lipinski definition) is 6. The number of thiol groups is 1. The number of hydrogen-bond donors (Lipinski definition) is 5. The van der Waals surface area contributed by atoms with Crippen molar-refractivity contribution >= 4 is 36.3 Å². The van der Waals surface area contributed by atoms with Crippen molar-refractivity contribution in [3.63, 3.8) is 0 Å². The molecule has 0 heterocycles. The number of amides is 3. The Hall–Kier alpha value is -1.81. The van der Waals surface area contributed by atoms with Crippen LogP contribution < -0.4 is 16.8 Å². The second kappa shape index (κ2) is 9.19. The molecule has 21 heavy (non-hydrogen) atoms. The van der Waals surface area contributed by atoms with Crippen molar-refractivity contribution in [1.29, 1.82) is 0 Å². The molecule has 0 aliphatic heterocycles. The van der Waals surface area contributed by atoms with Crippen LogP contribution in [0, 0.1) is 0 Å². The quantitative estimate of drug-likeness (QED) is 0.297. The van der Waals surface area contributed by atoms with E-state index in [0.717, 1.165) is 4.90 Å². The number of nitrogens with one attached hydrogen (secondary N) is 1. The molecule has 3 amide bonds. The monoisotopic (exact) mass is 320 g/mol. The molecule has 0 rings (SSSR count). The fraction of sp³-hybridized carbons (Fsp3) is 0.636. The Morgan fingerprint density at radius 2 is 1.90 bits per heavy atom. The third-order valence-electron chi connectivity index (χ3n) is 2.61. The van der Waals surface area contributed by atoms with Gasteiger partial charge in [-0.05, 0) is 6.42 Å². The summed E-state index contributed by atoms with van der Waals surface area (Å²) in [7, 11) is 1.31. The molecule has 0 saturated carbocycles. The second-order valence-electron chi connectivity index (χ2n) is 4.44. The highest BCUT2D eigenvalue weighted by Crippen LogP contribution is 1.99. The molecule has 2 atom stereocenters. The van der Waals surface area contributed by atoms with Gasteiger partial charge in [0, 0.05) is 19.2 Å². The number of nitrogens with zero attached hydrogens (tertiary/aromatic N) is 1. The van der Waals surface area contributed by atoms with E-state index in [4.69, 9.17) is 16.6 Å². The predicted molar refractivity (Wildman–Crippen MR) is 77.5 cm³/mol. The number of aliphatic carboxylic acids is 1. The first-order valence-electron chi connectivity index (χ1n) is 6.11. The summed E-state index contributed by atoms with van der Waals surface area (Å²) in [5.74, 6) is -2.94. The smallest absolute Gasteiger partial charge is 0.323 e. The lowest BCUT2D eigenvalue weighted by Crippen LogP contribution is -2.49. The molecule has 0 radical (unpaired) electrons. The third-order valence-corrected chi connectivity index (χ3v) is 2.98. The highest BCUT2D eigenvalue weighted by molar-refractivity contribution is 7.80. The number of nitrogens with two attached hydrogens (primary N) is 2. The van der Waals surface area contributed by atoms with Gasteiger partial charge in [-0.1, -0.05) is 0 Å². The molecular formula is C11H20N4O5S. The van der Waals surface area contributed by atoms with Crippen molar-refractivity contribution in [3.05, 3.63) is 0 Å². The van der Waals surface area contributed by atoms with Crippen molar-refractivity contribution in [2.45, 2.75) is 24.9 Å². The fourth-order valence-electron chi connectivity index (χ4n) is 1.43. The van der Waals surface area contributed by atoms with Crippen molar-refractivity contribution in [3.8, 4) is 0 Å². The molecule has 2 unspecified atom stereocenters. The van der Waals surface area contributed by atoms with Crippen molar-refractivity contribution in [2.75, 3.05) is 19.3 Å². The number of carbonyl (C=O) groups is 4. The SMILES string of the molecule is CN(CC(=O)O)C(=O)C(CS)NC(=O)CCC(N)C(N)=O. The zero-order valence-corrected chi connectivity index (χ0v) is 12.5. The molecule has 9 nitrogen and oxygen atoms in total. The van der Waals surface area contributed by atoms with E-state index in [1.165, 1.54) is 7.05 Å². The van der Waals surface area contributed by atoms with Crippen LogP contribution in [-0.2, 0) is 19.2 Å². The summed E-state index contributed by atoms with van der Waals surface area (Å²) in [5.41, 5.74) is 10.3. The van der Waals surface area contributed by atoms with E-state index in [1.807, 2.05) is 0 Å². The first-order valence-corrected chi connectivity index (χ1v) is 6.74. The van der Waals surface area contributed by atoms with Gasteiger partial charge >= 0.3 is 5.97 Å². The lowest BCUT2D eigenvalue weighted by atomic mass is 10.1. The summed E-state index contributed by atoms with van der Waals surface area (Å²) in [4.78, 5) is 45.8. The molecule has 0 bridgehead atoms. The number of carboxylic acid groups (broad SMARTS) is 1. The Balaban J connectivity index is 4.42. The summed E-state index contributed by atoms with van der Waals surface area (Å²) in [5, 5.41) is 11.0.